The number of hydrogen-bond acceptors (Lipinski definition) is 6. The molecule has 0 atom stereocenters. The van der Waals surface area contributed by atoms with E-state index in [-0.39, 0.29) is 58.8 Å². The lowest BCUT2D eigenvalue weighted by molar-refractivity contribution is -0.143. The minimum atomic E-state index is -4.97. The molecule has 1 aromatic heterocycles. The van der Waals surface area contributed by atoms with Crippen molar-refractivity contribution < 1.29 is 45.8 Å². The molecule has 1 aliphatic carbocycles. The van der Waals surface area contributed by atoms with Gasteiger partial charge < -0.3 is 10.4 Å². The lowest BCUT2D eigenvalue weighted by Gasteiger charge is -2.33. The Balaban J connectivity index is 1.45. The van der Waals surface area contributed by atoms with Gasteiger partial charge in [0.1, 0.15) is 4.32 Å². The molecule has 0 spiro atoms. The number of carbonyl (C=O) groups is 3. The molecule has 6 nitrogen and oxygen atoms in total. The number of carboxylic acid groups (broad SMARTS) is 1. The van der Waals surface area contributed by atoms with Gasteiger partial charge in [0, 0.05) is 23.4 Å². The number of nitrogens with zero attached hydrogens (tertiary/aromatic N) is 1. The average Bonchev–Trinajstić information content (AvgIpc) is 3.46. The first kappa shape index (κ1) is 31.0. The highest BCUT2D eigenvalue weighted by molar-refractivity contribution is 8.26. The monoisotopic (exact) mass is 636 g/mol. The molecule has 1 saturated carbocycles. The second kappa shape index (κ2) is 12.1. The summed E-state index contributed by atoms with van der Waals surface area (Å²) in [7, 11) is 0. The number of alkyl halides is 6. The maximum absolute atomic E-state index is 13.3. The smallest absolute Gasteiger partial charge is 0.416 e. The molecule has 0 unspecified atom stereocenters. The van der Waals surface area contributed by atoms with Gasteiger partial charge in [-0.15, -0.1) is 11.3 Å². The molecule has 2 fully saturated rings. The first-order chi connectivity index (χ1) is 19.1. The van der Waals surface area contributed by atoms with Gasteiger partial charge in [-0.25, -0.2) is 0 Å². The van der Waals surface area contributed by atoms with Crippen molar-refractivity contribution in [3.63, 3.8) is 0 Å². The summed E-state index contributed by atoms with van der Waals surface area (Å²) in [4.78, 5) is 38.3. The molecule has 41 heavy (non-hydrogen) atoms. The number of benzene rings is 1. The topological polar surface area (TPSA) is 86.7 Å². The van der Waals surface area contributed by atoms with Crippen LogP contribution in [-0.2, 0) is 26.7 Å². The number of thiocarbonyl (C=S) groups is 1. The average molecular weight is 637 g/mol. The van der Waals surface area contributed by atoms with E-state index in [4.69, 9.17) is 17.3 Å². The molecular formula is C26H22F6N2O4S3. The Morgan fingerprint density at radius 2 is 1.61 bits per heavy atom. The van der Waals surface area contributed by atoms with Gasteiger partial charge in [-0.1, -0.05) is 24.0 Å². The van der Waals surface area contributed by atoms with Crippen LogP contribution in [0.25, 0.3) is 17.2 Å². The maximum atomic E-state index is 13.3. The van der Waals surface area contributed by atoms with Crippen molar-refractivity contribution in [1.82, 2.24) is 10.2 Å². The number of amides is 2. The van der Waals surface area contributed by atoms with Crippen LogP contribution in [0.1, 0.15) is 48.1 Å². The van der Waals surface area contributed by atoms with Gasteiger partial charge in [0.15, 0.2) is 0 Å². The SMILES string of the molecule is O=C(O)CCNC(=O)C1CCC(N2C(=O)/C(=C/c3cc(-c4cc(C(F)(F)F)cc(C(F)(F)F)c4)cs3)SC2=S)CC1. The van der Waals surface area contributed by atoms with Crippen molar-refractivity contribution >= 4 is 63.5 Å². The number of aliphatic carboxylic acids is 1. The second-order valence-electron chi connectivity index (χ2n) is 9.52. The first-order valence-corrected chi connectivity index (χ1v) is 14.4. The van der Waals surface area contributed by atoms with Crippen molar-refractivity contribution in [2.24, 2.45) is 5.92 Å². The van der Waals surface area contributed by atoms with Gasteiger partial charge in [-0.3, -0.25) is 19.3 Å². The van der Waals surface area contributed by atoms with Crippen LogP contribution in [-0.4, -0.2) is 44.7 Å². The summed E-state index contributed by atoms with van der Waals surface area (Å²) < 4.78 is 79.9. The molecule has 0 radical (unpaired) electrons. The van der Waals surface area contributed by atoms with Crippen LogP contribution in [0.3, 0.4) is 0 Å². The van der Waals surface area contributed by atoms with E-state index in [2.05, 4.69) is 5.32 Å². The van der Waals surface area contributed by atoms with E-state index in [1.165, 1.54) is 22.4 Å². The lowest BCUT2D eigenvalue weighted by atomic mass is 9.85. The number of rotatable bonds is 7. The quantitative estimate of drug-likeness (QED) is 0.198. The first-order valence-electron chi connectivity index (χ1n) is 12.3. The van der Waals surface area contributed by atoms with Crippen LogP contribution >= 0.6 is 35.3 Å². The fraction of sp³-hybridized carbons (Fsp3) is 0.385. The van der Waals surface area contributed by atoms with Crippen molar-refractivity contribution in [2.45, 2.75) is 50.5 Å². The Morgan fingerprint density at radius 3 is 2.17 bits per heavy atom. The molecule has 0 bridgehead atoms. The van der Waals surface area contributed by atoms with Gasteiger partial charge in [-0.05, 0) is 72.5 Å². The lowest BCUT2D eigenvalue weighted by Crippen LogP contribution is -2.43. The molecule has 1 aliphatic heterocycles. The van der Waals surface area contributed by atoms with Crippen molar-refractivity contribution in [2.75, 3.05) is 6.54 Å². The van der Waals surface area contributed by atoms with Gasteiger partial charge in [0.2, 0.25) is 5.91 Å². The molecule has 2 heterocycles. The maximum Gasteiger partial charge on any atom is 0.416 e. The molecule has 2 aliphatic rings. The van der Waals surface area contributed by atoms with E-state index in [0.717, 1.165) is 23.1 Å². The molecule has 2 amide bonds. The Kier molecular flexibility index (Phi) is 9.19. The normalized spacial score (nSPS) is 21.0. The Hall–Kier alpha value is -2.91. The third-order valence-electron chi connectivity index (χ3n) is 6.71. The summed E-state index contributed by atoms with van der Waals surface area (Å²) in [5, 5.41) is 12.7. The zero-order valence-corrected chi connectivity index (χ0v) is 23.4. The van der Waals surface area contributed by atoms with Gasteiger partial charge >= 0.3 is 18.3 Å². The van der Waals surface area contributed by atoms with Gasteiger partial charge in [-0.2, -0.15) is 26.3 Å². The van der Waals surface area contributed by atoms with E-state index >= 15 is 0 Å². The summed E-state index contributed by atoms with van der Waals surface area (Å²) in [6.07, 6.45) is -6.60. The van der Waals surface area contributed by atoms with Crippen molar-refractivity contribution in [1.29, 1.82) is 0 Å². The number of hydrogen-bond donors (Lipinski definition) is 2. The predicted molar refractivity (Wildman–Crippen MR) is 146 cm³/mol. The van der Waals surface area contributed by atoms with Crippen molar-refractivity contribution in [3.05, 3.63) is 50.6 Å². The van der Waals surface area contributed by atoms with Crippen LogP contribution in [0.2, 0.25) is 0 Å². The number of carbonyl (C=O) groups excluding carboxylic acids is 2. The molecular weight excluding hydrogens is 614 g/mol. The zero-order chi connectivity index (χ0) is 30.1. The van der Waals surface area contributed by atoms with Gasteiger partial charge in [0.25, 0.3) is 5.91 Å². The van der Waals surface area contributed by atoms with E-state index in [0.29, 0.717) is 47.0 Å². The summed E-state index contributed by atoms with van der Waals surface area (Å²) in [5.74, 6) is -1.90. The Bertz CT molecular complexity index is 1360. The van der Waals surface area contributed by atoms with E-state index < -0.39 is 29.4 Å². The molecule has 2 aromatic rings. The standard InChI is InChI=1S/C26H22F6N2O4S3/c27-25(28,29)16-7-14(8-17(10-16)26(30,31)32)15-9-19(40-12-15)11-20-23(38)34(24(39)41-20)18-3-1-13(2-4-18)22(37)33-6-5-21(35)36/h7-13,18H,1-6H2,(H,33,37)(H,35,36)/b20-11-. The summed E-state index contributed by atoms with van der Waals surface area (Å²) >= 11 is 7.53. The van der Waals surface area contributed by atoms with E-state index in [1.54, 1.807) is 0 Å². The minimum absolute atomic E-state index is 0.0370. The molecule has 1 aromatic carbocycles. The Morgan fingerprint density at radius 1 is 1.00 bits per heavy atom. The van der Waals surface area contributed by atoms with E-state index in [1.807, 2.05) is 0 Å². The molecule has 1 saturated heterocycles. The number of nitrogens with one attached hydrogen (secondary N) is 1. The highest BCUT2D eigenvalue weighted by Gasteiger charge is 2.40. The molecule has 4 rings (SSSR count). The van der Waals surface area contributed by atoms with Crippen LogP contribution in [0.5, 0.6) is 0 Å². The van der Waals surface area contributed by atoms with Crippen LogP contribution < -0.4 is 5.32 Å². The highest BCUT2D eigenvalue weighted by atomic mass is 32.2. The largest absolute Gasteiger partial charge is 0.481 e. The number of thioether (sulfide) groups is 1. The van der Waals surface area contributed by atoms with Crippen LogP contribution in [0.4, 0.5) is 26.3 Å². The molecule has 220 valence electrons. The van der Waals surface area contributed by atoms with Crippen molar-refractivity contribution in [3.8, 4) is 11.1 Å². The number of carboxylic acids is 1. The van der Waals surface area contributed by atoms with E-state index in [9.17, 15) is 40.7 Å². The number of thiophene rings is 1. The minimum Gasteiger partial charge on any atom is -0.481 e. The second-order valence-corrected chi connectivity index (χ2v) is 12.1. The van der Waals surface area contributed by atoms with Gasteiger partial charge in [0.05, 0.1) is 22.5 Å². The third-order valence-corrected chi connectivity index (χ3v) is 8.92. The molecule has 15 heteroatoms. The summed E-state index contributed by atoms with van der Waals surface area (Å²) in [5.41, 5.74) is -2.93. The predicted octanol–water partition coefficient (Wildman–Crippen LogP) is 6.80. The molecule has 2 N–H and O–H groups in total. The van der Waals surface area contributed by atoms with Crippen LogP contribution in [0.15, 0.2) is 34.6 Å². The van der Waals surface area contributed by atoms with Crippen LogP contribution in [0, 0.1) is 5.92 Å². The Labute approximate surface area is 243 Å². The summed E-state index contributed by atoms with van der Waals surface area (Å²) in [6, 6.07) is 2.57. The third kappa shape index (κ3) is 7.49. The highest BCUT2D eigenvalue weighted by Crippen LogP contribution is 2.41. The number of halogens is 6. The zero-order valence-electron chi connectivity index (χ0n) is 21.0. The fourth-order valence-electron chi connectivity index (χ4n) is 4.66. The fourth-order valence-corrected chi connectivity index (χ4v) is 6.97. The summed E-state index contributed by atoms with van der Waals surface area (Å²) in [6.45, 7) is 0.0370.